The van der Waals surface area contributed by atoms with Crippen LogP contribution in [0.3, 0.4) is 0 Å². The summed E-state index contributed by atoms with van der Waals surface area (Å²) in [6, 6.07) is 2.07. The van der Waals surface area contributed by atoms with E-state index in [1.807, 2.05) is 11.3 Å². The van der Waals surface area contributed by atoms with Crippen LogP contribution in [0.15, 0.2) is 23.6 Å². The molecule has 4 aromatic rings. The molecule has 0 amide bonds. The van der Waals surface area contributed by atoms with Crippen molar-refractivity contribution in [2.24, 2.45) is 0 Å². The summed E-state index contributed by atoms with van der Waals surface area (Å²) in [6.45, 7) is 8.35. The number of thioether (sulfide) groups is 1. The first kappa shape index (κ1) is 15.5. The van der Waals surface area contributed by atoms with Crippen LogP contribution in [0.2, 0.25) is 0 Å². The fourth-order valence-corrected chi connectivity index (χ4v) is 4.79. The van der Waals surface area contributed by atoms with Crippen molar-refractivity contribution in [2.75, 3.05) is 0 Å². The van der Waals surface area contributed by atoms with Gasteiger partial charge in [-0.05, 0) is 39.3 Å². The van der Waals surface area contributed by atoms with Crippen molar-refractivity contribution in [3.05, 3.63) is 46.1 Å². The Labute approximate surface area is 148 Å². The molecular formula is C17H17N5S2. The molecule has 4 rings (SSSR count). The lowest BCUT2D eigenvalue weighted by Gasteiger charge is -2.01. The summed E-state index contributed by atoms with van der Waals surface area (Å²) < 4.78 is 2.04. The predicted octanol–water partition coefficient (Wildman–Crippen LogP) is 4.26. The molecule has 0 aliphatic carbocycles. The minimum atomic E-state index is 0.762. The number of nitrogens with zero attached hydrogens (tertiary/aromatic N) is 5. The van der Waals surface area contributed by atoms with Crippen molar-refractivity contribution in [2.45, 2.75) is 38.5 Å². The van der Waals surface area contributed by atoms with Gasteiger partial charge in [-0.2, -0.15) is 0 Å². The topological polar surface area (TPSA) is 56.0 Å². The Kier molecular flexibility index (Phi) is 3.77. The number of thiophene rings is 1. The Morgan fingerprint density at radius 1 is 1.12 bits per heavy atom. The van der Waals surface area contributed by atoms with E-state index in [9.17, 15) is 0 Å². The highest BCUT2D eigenvalue weighted by atomic mass is 32.2. The van der Waals surface area contributed by atoms with E-state index in [2.05, 4.69) is 53.0 Å². The Bertz CT molecular complexity index is 1060. The molecule has 0 fully saturated rings. The molecule has 4 aromatic heterocycles. The maximum atomic E-state index is 4.65. The zero-order valence-corrected chi connectivity index (χ0v) is 15.6. The molecule has 0 atom stereocenters. The van der Waals surface area contributed by atoms with Crippen LogP contribution in [0.4, 0.5) is 0 Å². The third-order valence-corrected chi connectivity index (χ3v) is 6.24. The maximum Gasteiger partial charge on any atom is 0.234 e. The molecule has 0 aromatic carbocycles. The molecule has 0 N–H and O–H groups in total. The Morgan fingerprint density at radius 3 is 2.79 bits per heavy atom. The Morgan fingerprint density at radius 2 is 1.96 bits per heavy atom. The fourth-order valence-electron chi connectivity index (χ4n) is 2.79. The highest BCUT2D eigenvalue weighted by Gasteiger charge is 2.13. The molecule has 0 spiro atoms. The number of hydrogen-bond donors (Lipinski definition) is 0. The predicted molar refractivity (Wildman–Crippen MR) is 98.9 cm³/mol. The van der Waals surface area contributed by atoms with Gasteiger partial charge in [-0.3, -0.25) is 4.40 Å². The standard InChI is InChI=1S/C17H17N5S2/c1-9-5-10(2)22-6-13(21-17(22)20-9)7-23-15-14-11(3)12(4)24-16(14)19-8-18-15/h5-6,8H,7H2,1-4H3. The minimum Gasteiger partial charge on any atom is -0.288 e. The smallest absolute Gasteiger partial charge is 0.234 e. The van der Waals surface area contributed by atoms with Gasteiger partial charge in [0.2, 0.25) is 5.78 Å². The quantitative estimate of drug-likeness (QED) is 0.406. The number of hydrogen-bond acceptors (Lipinski definition) is 6. The molecule has 0 bridgehead atoms. The van der Waals surface area contributed by atoms with Crippen LogP contribution in [0.5, 0.6) is 0 Å². The van der Waals surface area contributed by atoms with Gasteiger partial charge in [0.05, 0.1) is 5.69 Å². The van der Waals surface area contributed by atoms with Crippen LogP contribution >= 0.6 is 23.1 Å². The Balaban J connectivity index is 1.67. The maximum absolute atomic E-state index is 4.65. The summed E-state index contributed by atoms with van der Waals surface area (Å²) in [5.41, 5.74) is 4.43. The van der Waals surface area contributed by atoms with Crippen molar-refractivity contribution >= 4 is 39.1 Å². The van der Waals surface area contributed by atoms with Crippen LogP contribution in [-0.2, 0) is 5.75 Å². The third-order valence-electron chi connectivity index (χ3n) is 4.10. The molecule has 122 valence electrons. The Hall–Kier alpha value is -1.99. The number of aryl methyl sites for hydroxylation is 4. The average molecular weight is 355 g/mol. The van der Waals surface area contributed by atoms with Crippen molar-refractivity contribution in [3.8, 4) is 0 Å². The van der Waals surface area contributed by atoms with E-state index in [0.717, 1.165) is 38.5 Å². The first-order valence-electron chi connectivity index (χ1n) is 7.68. The molecule has 0 unspecified atom stereocenters. The zero-order valence-electron chi connectivity index (χ0n) is 14.0. The summed E-state index contributed by atoms with van der Waals surface area (Å²) in [6.07, 6.45) is 3.72. The second-order valence-corrected chi connectivity index (χ2v) is 8.04. The van der Waals surface area contributed by atoms with Gasteiger partial charge in [0, 0.05) is 33.6 Å². The average Bonchev–Trinajstić information content (AvgIpc) is 3.07. The third kappa shape index (κ3) is 2.57. The number of imidazole rings is 1. The van der Waals surface area contributed by atoms with Crippen molar-refractivity contribution < 1.29 is 0 Å². The van der Waals surface area contributed by atoms with Gasteiger partial charge in [-0.15, -0.1) is 11.3 Å². The van der Waals surface area contributed by atoms with Crippen LogP contribution in [0.1, 0.15) is 27.5 Å². The molecule has 24 heavy (non-hydrogen) atoms. The summed E-state index contributed by atoms with van der Waals surface area (Å²) in [5.74, 6) is 1.53. The number of rotatable bonds is 3. The second kappa shape index (κ2) is 5.82. The van der Waals surface area contributed by atoms with E-state index in [0.29, 0.717) is 0 Å². The molecule has 0 radical (unpaired) electrons. The van der Waals surface area contributed by atoms with Gasteiger partial charge in [0.25, 0.3) is 0 Å². The van der Waals surface area contributed by atoms with Crippen LogP contribution in [0, 0.1) is 27.7 Å². The minimum absolute atomic E-state index is 0.762. The van der Waals surface area contributed by atoms with Crippen molar-refractivity contribution in [1.82, 2.24) is 24.3 Å². The lowest BCUT2D eigenvalue weighted by Crippen LogP contribution is -1.94. The fraction of sp³-hybridized carbons (Fsp3) is 0.294. The van der Waals surface area contributed by atoms with Gasteiger partial charge in [0.1, 0.15) is 16.2 Å². The lowest BCUT2D eigenvalue weighted by molar-refractivity contribution is 1.01. The van der Waals surface area contributed by atoms with E-state index in [1.165, 1.54) is 15.8 Å². The molecule has 0 aliphatic heterocycles. The van der Waals surface area contributed by atoms with Gasteiger partial charge in [-0.25, -0.2) is 19.9 Å². The second-order valence-electron chi connectivity index (χ2n) is 5.87. The highest BCUT2D eigenvalue weighted by molar-refractivity contribution is 7.98. The number of fused-ring (bicyclic) bond motifs is 2. The van der Waals surface area contributed by atoms with E-state index in [1.54, 1.807) is 29.4 Å². The number of aromatic nitrogens is 5. The van der Waals surface area contributed by atoms with Gasteiger partial charge in [0.15, 0.2) is 0 Å². The molecule has 0 saturated heterocycles. The van der Waals surface area contributed by atoms with Crippen LogP contribution in [0.25, 0.3) is 16.0 Å². The van der Waals surface area contributed by atoms with E-state index < -0.39 is 0 Å². The molecule has 5 nitrogen and oxygen atoms in total. The first-order valence-corrected chi connectivity index (χ1v) is 9.49. The van der Waals surface area contributed by atoms with Gasteiger partial charge in [-0.1, -0.05) is 11.8 Å². The molecule has 7 heteroatoms. The molecule has 0 aliphatic rings. The van der Waals surface area contributed by atoms with Crippen LogP contribution < -0.4 is 0 Å². The van der Waals surface area contributed by atoms with E-state index >= 15 is 0 Å². The van der Waals surface area contributed by atoms with Gasteiger partial charge >= 0.3 is 0 Å². The molecule has 0 saturated carbocycles. The summed E-state index contributed by atoms with van der Waals surface area (Å²) >= 11 is 3.44. The molecular weight excluding hydrogens is 338 g/mol. The lowest BCUT2D eigenvalue weighted by atomic mass is 10.2. The monoisotopic (exact) mass is 355 g/mol. The SMILES string of the molecule is Cc1cc(C)n2cc(CSc3ncnc4sc(C)c(C)c34)nc2n1. The highest BCUT2D eigenvalue weighted by Crippen LogP contribution is 2.35. The van der Waals surface area contributed by atoms with Gasteiger partial charge < -0.3 is 0 Å². The van der Waals surface area contributed by atoms with Crippen molar-refractivity contribution in [3.63, 3.8) is 0 Å². The summed E-state index contributed by atoms with van der Waals surface area (Å²) in [4.78, 5) is 20.4. The first-order chi connectivity index (χ1) is 11.5. The van der Waals surface area contributed by atoms with E-state index in [-0.39, 0.29) is 0 Å². The van der Waals surface area contributed by atoms with Crippen molar-refractivity contribution in [1.29, 1.82) is 0 Å². The zero-order chi connectivity index (χ0) is 16.8. The summed E-state index contributed by atoms with van der Waals surface area (Å²) in [5, 5.41) is 2.21. The summed E-state index contributed by atoms with van der Waals surface area (Å²) in [7, 11) is 0. The normalized spacial score (nSPS) is 11.7. The van der Waals surface area contributed by atoms with Crippen LogP contribution in [-0.4, -0.2) is 24.3 Å². The molecule has 4 heterocycles. The largest absolute Gasteiger partial charge is 0.288 e. The van der Waals surface area contributed by atoms with E-state index in [4.69, 9.17) is 0 Å².